The molecule has 1 heterocycles. The summed E-state index contributed by atoms with van der Waals surface area (Å²) in [6.45, 7) is 1.87. The molecule has 1 saturated heterocycles. The zero-order valence-electron chi connectivity index (χ0n) is 8.32. The van der Waals surface area contributed by atoms with E-state index in [2.05, 4.69) is 0 Å². The van der Waals surface area contributed by atoms with Crippen molar-refractivity contribution in [2.24, 2.45) is 5.84 Å². The molecule has 1 rings (SSSR count). The summed E-state index contributed by atoms with van der Waals surface area (Å²) in [7, 11) is 1.56. The van der Waals surface area contributed by atoms with Crippen molar-refractivity contribution in [3.8, 4) is 0 Å². The summed E-state index contributed by atoms with van der Waals surface area (Å²) in [5.41, 5.74) is 2.05. The first-order valence-corrected chi connectivity index (χ1v) is 4.40. The van der Waals surface area contributed by atoms with Gasteiger partial charge >= 0.3 is 0 Å². The number of rotatable bonds is 2. The molecule has 0 bridgehead atoms. The topological polar surface area (TPSA) is 84.7 Å². The summed E-state index contributed by atoms with van der Waals surface area (Å²) in [4.78, 5) is 24.0. The number of carbonyl (C=O) groups is 2. The number of nitrogens with two attached hydrogens (primary N) is 1. The van der Waals surface area contributed by atoms with Crippen molar-refractivity contribution in [2.45, 2.75) is 25.5 Å². The monoisotopic (exact) mass is 201 g/mol. The summed E-state index contributed by atoms with van der Waals surface area (Å²) < 4.78 is 5.10. The molecule has 80 valence electrons. The van der Waals surface area contributed by atoms with E-state index in [-0.39, 0.29) is 17.9 Å². The van der Waals surface area contributed by atoms with Crippen LogP contribution in [0.3, 0.4) is 0 Å². The van der Waals surface area contributed by atoms with Crippen molar-refractivity contribution in [3.63, 3.8) is 0 Å². The van der Waals surface area contributed by atoms with E-state index in [1.165, 1.54) is 11.8 Å². The third-order valence-electron chi connectivity index (χ3n) is 2.45. The second-order valence-electron chi connectivity index (χ2n) is 3.29. The maximum absolute atomic E-state index is 11.3. The minimum atomic E-state index is -0.498. The van der Waals surface area contributed by atoms with Gasteiger partial charge in [-0.3, -0.25) is 15.0 Å². The third-order valence-corrected chi connectivity index (χ3v) is 2.45. The van der Waals surface area contributed by atoms with Crippen LogP contribution in [-0.2, 0) is 14.3 Å². The fourth-order valence-corrected chi connectivity index (χ4v) is 1.66. The fraction of sp³-hybridized carbons (Fsp3) is 0.750. The Morgan fingerprint density at radius 2 is 2.21 bits per heavy atom. The average Bonchev–Trinajstić information content (AvgIpc) is 2.60. The van der Waals surface area contributed by atoms with Crippen molar-refractivity contribution < 1.29 is 14.3 Å². The Morgan fingerprint density at radius 3 is 2.64 bits per heavy atom. The zero-order valence-corrected chi connectivity index (χ0v) is 8.32. The zero-order chi connectivity index (χ0) is 10.7. The molecule has 2 atom stereocenters. The van der Waals surface area contributed by atoms with E-state index in [4.69, 9.17) is 10.6 Å². The van der Waals surface area contributed by atoms with Gasteiger partial charge in [-0.25, -0.2) is 5.84 Å². The van der Waals surface area contributed by atoms with Crippen LogP contribution in [0.1, 0.15) is 13.3 Å². The maximum atomic E-state index is 11.3. The van der Waals surface area contributed by atoms with Gasteiger partial charge in [-0.1, -0.05) is 0 Å². The summed E-state index contributed by atoms with van der Waals surface area (Å²) >= 11 is 0. The predicted molar refractivity (Wildman–Crippen MR) is 48.9 cm³/mol. The van der Waals surface area contributed by atoms with E-state index < -0.39 is 6.04 Å². The number of nitrogens with zero attached hydrogens (tertiary/aromatic N) is 1. The normalized spacial score (nSPS) is 26.4. The summed E-state index contributed by atoms with van der Waals surface area (Å²) in [5.74, 6) is 4.53. The molecular weight excluding hydrogens is 186 g/mol. The molecule has 0 saturated carbocycles. The third kappa shape index (κ3) is 2.02. The smallest absolute Gasteiger partial charge is 0.256 e. The van der Waals surface area contributed by atoms with Crippen LogP contribution >= 0.6 is 0 Å². The van der Waals surface area contributed by atoms with Crippen molar-refractivity contribution in [1.29, 1.82) is 0 Å². The van der Waals surface area contributed by atoms with E-state index in [1.54, 1.807) is 7.11 Å². The highest BCUT2D eigenvalue weighted by Gasteiger charge is 2.37. The van der Waals surface area contributed by atoms with Gasteiger partial charge in [-0.2, -0.15) is 0 Å². The molecule has 2 amide bonds. The summed E-state index contributed by atoms with van der Waals surface area (Å²) in [6.07, 6.45) is 0.417. The largest absolute Gasteiger partial charge is 0.380 e. The lowest BCUT2D eigenvalue weighted by Crippen LogP contribution is -2.47. The Balaban J connectivity index is 2.71. The number of amides is 2. The van der Waals surface area contributed by atoms with Gasteiger partial charge in [0.05, 0.1) is 6.10 Å². The van der Waals surface area contributed by atoms with Crippen molar-refractivity contribution in [3.05, 3.63) is 0 Å². The minimum Gasteiger partial charge on any atom is -0.380 e. The highest BCUT2D eigenvalue weighted by molar-refractivity contribution is 5.87. The van der Waals surface area contributed by atoms with E-state index in [9.17, 15) is 9.59 Å². The molecule has 0 radical (unpaired) electrons. The average molecular weight is 201 g/mol. The number of likely N-dealkylation sites (tertiary alicyclic amines) is 1. The van der Waals surface area contributed by atoms with E-state index >= 15 is 0 Å². The van der Waals surface area contributed by atoms with Gasteiger partial charge < -0.3 is 9.64 Å². The predicted octanol–water partition coefficient (Wildman–Crippen LogP) is -1.39. The first kappa shape index (κ1) is 10.9. The van der Waals surface area contributed by atoms with E-state index in [0.29, 0.717) is 13.0 Å². The Bertz CT molecular complexity index is 244. The Hall–Kier alpha value is -1.14. The number of carbonyl (C=O) groups excluding carboxylic acids is 2. The number of methoxy groups -OCH3 is 1. The minimum absolute atomic E-state index is 0.0822. The molecule has 2 unspecified atom stereocenters. The number of hydrazine groups is 1. The Labute approximate surface area is 82.3 Å². The second kappa shape index (κ2) is 4.39. The molecule has 1 aliphatic rings. The Morgan fingerprint density at radius 1 is 1.57 bits per heavy atom. The van der Waals surface area contributed by atoms with Crippen molar-refractivity contribution in [2.75, 3.05) is 13.7 Å². The van der Waals surface area contributed by atoms with E-state index in [0.717, 1.165) is 0 Å². The number of nitrogens with one attached hydrogen (secondary N) is 1. The van der Waals surface area contributed by atoms with Crippen LogP contribution in [0.5, 0.6) is 0 Å². The van der Waals surface area contributed by atoms with Crippen molar-refractivity contribution >= 4 is 11.8 Å². The molecule has 0 spiro atoms. The van der Waals surface area contributed by atoms with Gasteiger partial charge in [0, 0.05) is 27.0 Å². The lowest BCUT2D eigenvalue weighted by Gasteiger charge is -2.20. The van der Waals surface area contributed by atoms with Crippen LogP contribution in [0.15, 0.2) is 0 Å². The SMILES string of the molecule is COC1CC(C(=O)NN)N(C(C)=O)C1. The highest BCUT2D eigenvalue weighted by Crippen LogP contribution is 2.19. The molecule has 0 aliphatic carbocycles. The molecule has 0 aromatic heterocycles. The molecular formula is C8H15N3O3. The lowest BCUT2D eigenvalue weighted by molar-refractivity contribution is -0.136. The molecule has 0 aromatic rings. The fourth-order valence-electron chi connectivity index (χ4n) is 1.66. The first-order valence-electron chi connectivity index (χ1n) is 4.40. The van der Waals surface area contributed by atoms with Crippen LogP contribution < -0.4 is 11.3 Å². The van der Waals surface area contributed by atoms with Crippen LogP contribution in [0.25, 0.3) is 0 Å². The highest BCUT2D eigenvalue weighted by atomic mass is 16.5. The molecule has 14 heavy (non-hydrogen) atoms. The summed E-state index contributed by atoms with van der Waals surface area (Å²) in [6, 6.07) is -0.498. The first-order chi connectivity index (χ1) is 6.60. The van der Waals surface area contributed by atoms with Crippen LogP contribution in [0, 0.1) is 0 Å². The lowest BCUT2D eigenvalue weighted by atomic mass is 10.2. The standard InChI is InChI=1S/C8H15N3O3/c1-5(12)11-4-6(14-2)3-7(11)8(13)10-9/h6-7H,3-4,9H2,1-2H3,(H,10,13). The molecule has 1 aliphatic heterocycles. The van der Waals surface area contributed by atoms with Gasteiger partial charge in [-0.05, 0) is 0 Å². The van der Waals surface area contributed by atoms with Gasteiger partial charge in [0.25, 0.3) is 5.91 Å². The molecule has 3 N–H and O–H groups in total. The maximum Gasteiger partial charge on any atom is 0.256 e. The number of hydrogen-bond donors (Lipinski definition) is 2. The van der Waals surface area contributed by atoms with Gasteiger partial charge in [0.1, 0.15) is 6.04 Å². The molecule has 1 fully saturated rings. The van der Waals surface area contributed by atoms with Crippen molar-refractivity contribution in [1.82, 2.24) is 10.3 Å². The Kier molecular flexibility index (Phi) is 3.43. The number of hydrogen-bond acceptors (Lipinski definition) is 4. The molecule has 0 aromatic carbocycles. The quantitative estimate of drug-likeness (QED) is 0.327. The van der Waals surface area contributed by atoms with Gasteiger partial charge in [-0.15, -0.1) is 0 Å². The van der Waals surface area contributed by atoms with Crippen LogP contribution in [-0.4, -0.2) is 42.5 Å². The summed E-state index contributed by atoms with van der Waals surface area (Å²) in [5, 5.41) is 0. The number of ether oxygens (including phenoxy) is 1. The second-order valence-corrected chi connectivity index (χ2v) is 3.29. The molecule has 6 nitrogen and oxygen atoms in total. The van der Waals surface area contributed by atoms with Gasteiger partial charge in [0.2, 0.25) is 5.91 Å². The van der Waals surface area contributed by atoms with E-state index in [1.807, 2.05) is 5.43 Å². The van der Waals surface area contributed by atoms with Crippen LogP contribution in [0.4, 0.5) is 0 Å². The van der Waals surface area contributed by atoms with Gasteiger partial charge in [0.15, 0.2) is 0 Å². The molecule has 6 heteroatoms. The van der Waals surface area contributed by atoms with Crippen LogP contribution in [0.2, 0.25) is 0 Å².